The lowest BCUT2D eigenvalue weighted by Crippen LogP contribution is -1.98. The molecule has 0 aliphatic heterocycles. The van der Waals surface area contributed by atoms with E-state index in [0.29, 0.717) is 12.8 Å². The summed E-state index contributed by atoms with van der Waals surface area (Å²) < 4.78 is 0. The zero-order valence-corrected chi connectivity index (χ0v) is 15.5. The van der Waals surface area contributed by atoms with Gasteiger partial charge in [-0.3, -0.25) is 4.79 Å². The van der Waals surface area contributed by atoms with Crippen molar-refractivity contribution in [1.82, 2.24) is 0 Å². The third-order valence-electron chi connectivity index (χ3n) is 3.50. The first-order chi connectivity index (χ1) is 12.2. The minimum atomic E-state index is -0.758. The van der Waals surface area contributed by atoms with Gasteiger partial charge in [-0.1, -0.05) is 80.5 Å². The predicted molar refractivity (Wildman–Crippen MR) is 107 cm³/mol. The number of aliphatic carboxylic acids is 1. The number of allylic oxidation sites excluding steroid dienone is 8. The third kappa shape index (κ3) is 20.1. The van der Waals surface area contributed by atoms with Crippen LogP contribution < -0.4 is 0 Å². The fourth-order valence-corrected chi connectivity index (χ4v) is 2.06. The highest BCUT2D eigenvalue weighted by Gasteiger charge is 1.93. The lowest BCUT2D eigenvalue weighted by Gasteiger charge is -1.99. The van der Waals surface area contributed by atoms with Crippen LogP contribution in [0.1, 0.15) is 64.7 Å². The van der Waals surface area contributed by atoms with E-state index in [-0.39, 0.29) is 6.42 Å². The third-order valence-corrected chi connectivity index (χ3v) is 3.50. The standard InChI is InChI=1S/C22H34O3/c1-2-3-4-5-12-15-18-21(23)19-16-13-10-8-6-7-9-11-14-17-20-22(24)25/h6-7,10-16,19,21,23H,2-5,8-9,17-18,20H2,1H3,(H,24,25)/b7-6-,13-10-,14-11-,15-12-,19-16-. The van der Waals surface area contributed by atoms with E-state index in [1.165, 1.54) is 19.3 Å². The quantitative estimate of drug-likeness (QED) is 0.226. The number of carbonyl (C=O) groups is 1. The van der Waals surface area contributed by atoms with Gasteiger partial charge in [-0.25, -0.2) is 0 Å². The summed E-state index contributed by atoms with van der Waals surface area (Å²) in [5.41, 5.74) is 0. The number of hydrogen-bond acceptors (Lipinski definition) is 2. The van der Waals surface area contributed by atoms with Crippen molar-refractivity contribution in [3.05, 3.63) is 60.8 Å². The summed E-state index contributed by atoms with van der Waals surface area (Å²) in [6, 6.07) is 0. The van der Waals surface area contributed by atoms with Crippen LogP contribution in [0.25, 0.3) is 0 Å². The summed E-state index contributed by atoms with van der Waals surface area (Å²) in [6.07, 6.45) is 27.4. The zero-order valence-electron chi connectivity index (χ0n) is 15.5. The normalized spacial score (nSPS) is 14.0. The fourth-order valence-electron chi connectivity index (χ4n) is 2.06. The summed E-state index contributed by atoms with van der Waals surface area (Å²) in [6.45, 7) is 2.20. The molecule has 3 nitrogen and oxygen atoms in total. The first-order valence-electron chi connectivity index (χ1n) is 9.35. The van der Waals surface area contributed by atoms with E-state index in [4.69, 9.17) is 5.11 Å². The molecule has 0 aliphatic carbocycles. The van der Waals surface area contributed by atoms with Crippen molar-refractivity contribution < 1.29 is 15.0 Å². The molecule has 0 aliphatic rings. The van der Waals surface area contributed by atoms with E-state index >= 15 is 0 Å². The van der Waals surface area contributed by atoms with Gasteiger partial charge < -0.3 is 10.2 Å². The Balaban J connectivity index is 3.66. The van der Waals surface area contributed by atoms with Gasteiger partial charge in [0.1, 0.15) is 0 Å². The van der Waals surface area contributed by atoms with E-state index in [1.807, 2.05) is 36.5 Å². The molecule has 1 atom stereocenters. The second-order valence-electron chi connectivity index (χ2n) is 5.93. The van der Waals surface area contributed by atoms with Gasteiger partial charge in [0.2, 0.25) is 0 Å². The monoisotopic (exact) mass is 346 g/mol. The maximum atomic E-state index is 10.3. The maximum absolute atomic E-state index is 10.3. The van der Waals surface area contributed by atoms with Gasteiger partial charge >= 0.3 is 5.97 Å². The fraction of sp³-hybridized carbons (Fsp3) is 0.500. The van der Waals surface area contributed by atoms with E-state index in [1.54, 1.807) is 0 Å². The Kier molecular flexibility index (Phi) is 17.1. The average Bonchev–Trinajstić information content (AvgIpc) is 2.58. The van der Waals surface area contributed by atoms with Gasteiger partial charge in [0.05, 0.1) is 6.10 Å². The number of unbranched alkanes of at least 4 members (excludes halogenated alkanes) is 3. The van der Waals surface area contributed by atoms with Crippen LogP contribution in [0.5, 0.6) is 0 Å². The van der Waals surface area contributed by atoms with Gasteiger partial charge in [0, 0.05) is 6.42 Å². The Bertz CT molecular complexity index is 456. The molecule has 25 heavy (non-hydrogen) atoms. The van der Waals surface area contributed by atoms with Crippen LogP contribution in [0.3, 0.4) is 0 Å². The van der Waals surface area contributed by atoms with Crippen LogP contribution in [0, 0.1) is 0 Å². The van der Waals surface area contributed by atoms with Crippen LogP contribution in [-0.4, -0.2) is 22.3 Å². The van der Waals surface area contributed by atoms with Crippen LogP contribution in [0.4, 0.5) is 0 Å². The lowest BCUT2D eigenvalue weighted by atomic mass is 10.1. The summed E-state index contributed by atoms with van der Waals surface area (Å²) in [5, 5.41) is 18.3. The minimum absolute atomic E-state index is 0.190. The topological polar surface area (TPSA) is 57.5 Å². The molecule has 0 saturated carbocycles. The molecular weight excluding hydrogens is 312 g/mol. The highest BCUT2D eigenvalue weighted by Crippen LogP contribution is 2.02. The Morgan fingerprint density at radius 1 is 0.880 bits per heavy atom. The maximum Gasteiger partial charge on any atom is 0.303 e. The first kappa shape index (κ1) is 23.1. The predicted octanol–water partition coefficient (Wildman–Crippen LogP) is 5.74. The molecule has 0 aromatic heterocycles. The summed E-state index contributed by atoms with van der Waals surface area (Å²) in [5.74, 6) is -0.758. The molecule has 0 fully saturated rings. The van der Waals surface area contributed by atoms with Crippen LogP contribution in [0.2, 0.25) is 0 Å². The molecule has 0 heterocycles. The van der Waals surface area contributed by atoms with Crippen molar-refractivity contribution >= 4 is 5.97 Å². The van der Waals surface area contributed by atoms with Gasteiger partial charge in [-0.2, -0.15) is 0 Å². The van der Waals surface area contributed by atoms with Crippen LogP contribution >= 0.6 is 0 Å². The summed E-state index contributed by atoms with van der Waals surface area (Å²) >= 11 is 0. The van der Waals surface area contributed by atoms with Crippen molar-refractivity contribution in [2.24, 2.45) is 0 Å². The van der Waals surface area contributed by atoms with Gasteiger partial charge in [-0.15, -0.1) is 0 Å². The molecule has 0 saturated heterocycles. The number of rotatable bonds is 15. The molecule has 2 N–H and O–H groups in total. The number of aliphatic hydroxyl groups is 1. The Morgan fingerprint density at radius 2 is 1.56 bits per heavy atom. The molecule has 0 spiro atoms. The van der Waals surface area contributed by atoms with Gasteiger partial charge in [0.25, 0.3) is 0 Å². The van der Waals surface area contributed by atoms with Crippen LogP contribution in [0.15, 0.2) is 60.8 Å². The number of aliphatic hydroxyl groups excluding tert-OH is 1. The minimum Gasteiger partial charge on any atom is -0.481 e. The van der Waals surface area contributed by atoms with E-state index in [9.17, 15) is 9.90 Å². The number of carboxylic acid groups (broad SMARTS) is 1. The van der Waals surface area contributed by atoms with Gasteiger partial charge in [-0.05, 0) is 38.5 Å². The smallest absolute Gasteiger partial charge is 0.303 e. The van der Waals surface area contributed by atoms with Crippen molar-refractivity contribution in [3.63, 3.8) is 0 Å². The van der Waals surface area contributed by atoms with Crippen molar-refractivity contribution in [1.29, 1.82) is 0 Å². The highest BCUT2D eigenvalue weighted by atomic mass is 16.4. The molecule has 1 unspecified atom stereocenters. The Labute approximate surface area is 153 Å². The first-order valence-corrected chi connectivity index (χ1v) is 9.35. The van der Waals surface area contributed by atoms with Crippen molar-refractivity contribution in [3.8, 4) is 0 Å². The molecule has 0 aromatic carbocycles. The molecular formula is C22H34O3. The van der Waals surface area contributed by atoms with E-state index in [0.717, 1.165) is 19.3 Å². The second-order valence-corrected chi connectivity index (χ2v) is 5.93. The highest BCUT2D eigenvalue weighted by molar-refractivity contribution is 5.66. The molecule has 0 amide bonds. The molecule has 140 valence electrons. The van der Waals surface area contributed by atoms with Gasteiger partial charge in [0.15, 0.2) is 0 Å². The number of hydrogen-bond donors (Lipinski definition) is 2. The molecule has 3 heteroatoms. The van der Waals surface area contributed by atoms with Crippen molar-refractivity contribution in [2.75, 3.05) is 0 Å². The Morgan fingerprint density at radius 3 is 2.28 bits per heavy atom. The van der Waals surface area contributed by atoms with Crippen molar-refractivity contribution in [2.45, 2.75) is 70.8 Å². The summed E-state index contributed by atoms with van der Waals surface area (Å²) in [4.78, 5) is 10.3. The Hall–Kier alpha value is -1.87. The SMILES string of the molecule is CCCCC/C=C\CC(O)/C=C\C=C/C/C=C\C/C=C\CCC(=O)O. The lowest BCUT2D eigenvalue weighted by molar-refractivity contribution is -0.136. The second kappa shape index (κ2) is 18.5. The number of carboxylic acids is 1. The average molecular weight is 347 g/mol. The molecule has 0 rings (SSSR count). The largest absolute Gasteiger partial charge is 0.481 e. The molecule has 0 bridgehead atoms. The molecule has 0 radical (unpaired) electrons. The summed E-state index contributed by atoms with van der Waals surface area (Å²) in [7, 11) is 0. The van der Waals surface area contributed by atoms with Crippen LogP contribution in [-0.2, 0) is 4.79 Å². The van der Waals surface area contributed by atoms with E-state index in [2.05, 4.69) is 31.2 Å². The van der Waals surface area contributed by atoms with E-state index < -0.39 is 12.1 Å². The zero-order chi connectivity index (χ0) is 18.6. The molecule has 0 aromatic rings.